The first-order valence-electron chi connectivity index (χ1n) is 4.72. The first-order chi connectivity index (χ1) is 6.43. The standard InChI is InChI=1S/C7H18BN3O3/c1-3-5(8)7(13)6(12)4(14-3)2-11(9)10/h3-7,12-13H,2,8-10H2,1H3/t3-,4?,5-,6+,7?/m1/s1. The maximum Gasteiger partial charge on any atom is 0.112 e. The summed E-state index contributed by atoms with van der Waals surface area (Å²) in [5.41, 5.74) is 0. The molecule has 1 aliphatic heterocycles. The zero-order chi connectivity index (χ0) is 10.9. The zero-order valence-corrected chi connectivity index (χ0v) is 8.50. The third kappa shape index (κ3) is 2.44. The van der Waals surface area contributed by atoms with E-state index in [4.69, 9.17) is 16.4 Å². The molecule has 7 heteroatoms. The summed E-state index contributed by atoms with van der Waals surface area (Å²) in [5.74, 6) is 10.4. The minimum Gasteiger partial charge on any atom is -0.391 e. The van der Waals surface area contributed by atoms with Crippen LogP contribution in [0.15, 0.2) is 0 Å². The molecule has 0 aromatic heterocycles. The molecule has 6 N–H and O–H groups in total. The van der Waals surface area contributed by atoms with Gasteiger partial charge in [-0.2, -0.15) is 5.12 Å². The molecule has 1 saturated heterocycles. The van der Waals surface area contributed by atoms with Crippen molar-refractivity contribution in [2.45, 2.75) is 37.2 Å². The van der Waals surface area contributed by atoms with Crippen LogP contribution in [0.1, 0.15) is 6.92 Å². The largest absolute Gasteiger partial charge is 0.391 e. The number of hydrogen-bond donors (Lipinski definition) is 4. The van der Waals surface area contributed by atoms with E-state index in [-0.39, 0.29) is 18.5 Å². The lowest BCUT2D eigenvalue weighted by atomic mass is 9.73. The lowest BCUT2D eigenvalue weighted by Crippen LogP contribution is -2.57. The fourth-order valence-electron chi connectivity index (χ4n) is 1.65. The second-order valence-electron chi connectivity index (χ2n) is 3.92. The van der Waals surface area contributed by atoms with Crippen LogP contribution in [0.4, 0.5) is 0 Å². The third-order valence-electron chi connectivity index (χ3n) is 2.79. The Bertz CT molecular complexity index is 195. The molecule has 0 bridgehead atoms. The van der Waals surface area contributed by atoms with E-state index < -0.39 is 18.3 Å². The van der Waals surface area contributed by atoms with Crippen molar-refractivity contribution in [1.29, 1.82) is 0 Å². The van der Waals surface area contributed by atoms with Gasteiger partial charge in [0, 0.05) is 0 Å². The van der Waals surface area contributed by atoms with E-state index in [1.54, 1.807) is 0 Å². The Hall–Kier alpha value is -0.175. The van der Waals surface area contributed by atoms with Gasteiger partial charge in [-0.05, 0) is 12.7 Å². The molecular formula is C7H18BN3O3. The van der Waals surface area contributed by atoms with Crippen LogP contribution in [-0.4, -0.2) is 54.1 Å². The fraction of sp³-hybridized carbons (Fsp3) is 1.00. The average Bonchev–Trinajstić information content (AvgIpc) is 2.10. The van der Waals surface area contributed by atoms with Gasteiger partial charge in [0.15, 0.2) is 0 Å². The molecule has 1 fully saturated rings. The molecule has 1 heterocycles. The summed E-state index contributed by atoms with van der Waals surface area (Å²) in [7, 11) is 1.83. The molecule has 5 atom stereocenters. The summed E-state index contributed by atoms with van der Waals surface area (Å²) >= 11 is 0. The Kier molecular flexibility index (Phi) is 3.88. The normalized spacial score (nSPS) is 44.3. The summed E-state index contributed by atoms with van der Waals surface area (Å²) in [5, 5.41) is 20.3. The van der Waals surface area contributed by atoms with Gasteiger partial charge in [-0.1, -0.05) is 0 Å². The van der Waals surface area contributed by atoms with Crippen LogP contribution in [0.5, 0.6) is 0 Å². The lowest BCUT2D eigenvalue weighted by Gasteiger charge is -2.41. The van der Waals surface area contributed by atoms with E-state index in [0.717, 1.165) is 5.12 Å². The molecule has 0 amide bonds. The minimum atomic E-state index is -0.934. The highest BCUT2D eigenvalue weighted by Gasteiger charge is 2.40. The Balaban J connectivity index is 2.60. The molecular weight excluding hydrogens is 185 g/mol. The summed E-state index contributed by atoms with van der Waals surface area (Å²) in [6.45, 7) is 2.04. The van der Waals surface area contributed by atoms with Crippen molar-refractivity contribution in [3.8, 4) is 0 Å². The van der Waals surface area contributed by atoms with Crippen molar-refractivity contribution >= 4 is 7.85 Å². The van der Waals surface area contributed by atoms with E-state index >= 15 is 0 Å². The van der Waals surface area contributed by atoms with Gasteiger partial charge < -0.3 is 14.9 Å². The Morgan fingerprint density at radius 2 is 1.93 bits per heavy atom. The molecule has 0 aliphatic carbocycles. The van der Waals surface area contributed by atoms with Crippen molar-refractivity contribution in [3.05, 3.63) is 0 Å². The van der Waals surface area contributed by atoms with Crippen LogP contribution in [0.25, 0.3) is 0 Å². The topological polar surface area (TPSA) is 105 Å². The zero-order valence-electron chi connectivity index (χ0n) is 8.50. The first-order valence-corrected chi connectivity index (χ1v) is 4.72. The van der Waals surface area contributed by atoms with Gasteiger partial charge in [0.05, 0.1) is 18.8 Å². The lowest BCUT2D eigenvalue weighted by molar-refractivity contribution is -0.168. The summed E-state index contributed by atoms with van der Waals surface area (Å²) in [4.78, 5) is 0. The maximum absolute atomic E-state index is 9.67. The van der Waals surface area contributed by atoms with Crippen molar-refractivity contribution < 1.29 is 14.9 Å². The van der Waals surface area contributed by atoms with Gasteiger partial charge in [-0.3, -0.25) is 11.7 Å². The maximum atomic E-state index is 9.67. The Morgan fingerprint density at radius 1 is 1.36 bits per heavy atom. The molecule has 82 valence electrons. The summed E-state index contributed by atoms with van der Waals surface area (Å²) in [6.07, 6.45) is -2.37. The second kappa shape index (κ2) is 4.56. The summed E-state index contributed by atoms with van der Waals surface area (Å²) in [6, 6.07) is 0. The molecule has 1 rings (SSSR count). The van der Waals surface area contributed by atoms with Crippen LogP contribution in [0.3, 0.4) is 0 Å². The van der Waals surface area contributed by atoms with E-state index in [1.165, 1.54) is 0 Å². The highest BCUT2D eigenvalue weighted by atomic mass is 16.5. The van der Waals surface area contributed by atoms with Crippen molar-refractivity contribution in [2.24, 2.45) is 11.7 Å². The van der Waals surface area contributed by atoms with Crippen molar-refractivity contribution in [2.75, 3.05) is 6.54 Å². The molecule has 6 nitrogen and oxygen atoms in total. The number of ether oxygens (including phenoxy) is 1. The number of aliphatic hydroxyl groups excluding tert-OH is 2. The van der Waals surface area contributed by atoms with Gasteiger partial charge >= 0.3 is 0 Å². The molecule has 2 unspecified atom stereocenters. The van der Waals surface area contributed by atoms with Crippen molar-refractivity contribution in [3.63, 3.8) is 0 Å². The van der Waals surface area contributed by atoms with Crippen LogP contribution in [0, 0.1) is 0 Å². The monoisotopic (exact) mass is 203 g/mol. The highest BCUT2D eigenvalue weighted by Crippen LogP contribution is 2.27. The molecule has 0 aromatic carbocycles. The third-order valence-corrected chi connectivity index (χ3v) is 2.79. The van der Waals surface area contributed by atoms with Crippen LogP contribution in [0.2, 0.25) is 5.82 Å². The molecule has 0 spiro atoms. The molecule has 14 heavy (non-hydrogen) atoms. The number of hydrazine groups is 2. The summed E-state index contributed by atoms with van der Waals surface area (Å²) < 4.78 is 5.48. The molecule has 0 aromatic rings. The average molecular weight is 203 g/mol. The Labute approximate surface area is 84.2 Å². The molecule has 0 saturated carbocycles. The van der Waals surface area contributed by atoms with E-state index in [1.807, 2.05) is 14.8 Å². The van der Waals surface area contributed by atoms with E-state index in [9.17, 15) is 10.2 Å². The quantitative estimate of drug-likeness (QED) is 0.216. The predicted octanol–water partition coefficient (Wildman–Crippen LogP) is -3.03. The predicted molar refractivity (Wildman–Crippen MR) is 53.7 cm³/mol. The number of nitrogens with two attached hydrogens (primary N) is 2. The van der Waals surface area contributed by atoms with Crippen molar-refractivity contribution in [1.82, 2.24) is 5.12 Å². The number of rotatable bonds is 2. The highest BCUT2D eigenvalue weighted by molar-refractivity contribution is 6.12. The van der Waals surface area contributed by atoms with Crippen LogP contribution >= 0.6 is 0 Å². The number of aliphatic hydroxyl groups is 2. The van der Waals surface area contributed by atoms with Crippen LogP contribution < -0.4 is 11.7 Å². The number of nitrogens with zero attached hydrogens (tertiary/aromatic N) is 1. The van der Waals surface area contributed by atoms with Gasteiger partial charge in [-0.25, -0.2) is 0 Å². The van der Waals surface area contributed by atoms with Gasteiger partial charge in [0.25, 0.3) is 0 Å². The van der Waals surface area contributed by atoms with Gasteiger partial charge in [-0.15, -0.1) is 0 Å². The minimum absolute atomic E-state index is 0.0924. The van der Waals surface area contributed by atoms with Gasteiger partial charge in [0.1, 0.15) is 20.1 Å². The van der Waals surface area contributed by atoms with E-state index in [0.29, 0.717) is 0 Å². The van der Waals surface area contributed by atoms with E-state index in [2.05, 4.69) is 0 Å². The SMILES string of the molecule is B[C@H]1C(O)[C@@H](O)C(CN(N)N)O[C@@H]1C. The molecule has 0 radical (unpaired) electrons. The first kappa shape index (κ1) is 11.9. The smallest absolute Gasteiger partial charge is 0.112 e. The fourth-order valence-corrected chi connectivity index (χ4v) is 1.65. The Morgan fingerprint density at radius 3 is 2.43 bits per heavy atom. The number of hydrogen-bond acceptors (Lipinski definition) is 6. The second-order valence-corrected chi connectivity index (χ2v) is 3.92. The molecule has 1 aliphatic rings. The van der Waals surface area contributed by atoms with Crippen LogP contribution in [-0.2, 0) is 4.74 Å². The van der Waals surface area contributed by atoms with Gasteiger partial charge in [0.2, 0.25) is 0 Å².